The van der Waals surface area contributed by atoms with Crippen LogP contribution in [0, 0.1) is 22.9 Å². The van der Waals surface area contributed by atoms with E-state index in [0.29, 0.717) is 12.3 Å². The fourth-order valence-electron chi connectivity index (χ4n) is 4.70. The Kier molecular flexibility index (Phi) is 5.76. The van der Waals surface area contributed by atoms with Gasteiger partial charge in [-0.25, -0.2) is 18.2 Å². The molecule has 0 fully saturated rings. The van der Waals surface area contributed by atoms with Gasteiger partial charge in [0, 0.05) is 30.7 Å². The van der Waals surface area contributed by atoms with Gasteiger partial charge in [0.25, 0.3) is 11.5 Å². The number of nitrogens with one attached hydrogen (secondary N) is 1. The lowest BCUT2D eigenvalue weighted by Gasteiger charge is -2.50. The number of carbonyl (C=O) groups excluding carboxylic acids is 1. The minimum atomic E-state index is -5.05. The predicted octanol–water partition coefficient (Wildman–Crippen LogP) is 4.96. The highest BCUT2D eigenvalue weighted by molar-refractivity contribution is 6.00. The number of carbonyl (C=O) groups is 1. The number of pyridine rings is 2. The molecule has 0 aliphatic carbocycles. The van der Waals surface area contributed by atoms with Crippen LogP contribution in [0.3, 0.4) is 0 Å². The summed E-state index contributed by atoms with van der Waals surface area (Å²) >= 11 is 0. The molecule has 1 atom stereocenters. The zero-order valence-electron chi connectivity index (χ0n) is 19.5. The molecule has 1 aromatic carbocycles. The van der Waals surface area contributed by atoms with E-state index in [9.17, 15) is 35.9 Å². The molecule has 0 bridgehead atoms. The number of hydrogen-bond acceptors (Lipinski definition) is 4. The van der Waals surface area contributed by atoms with Crippen LogP contribution in [0.4, 0.5) is 26.3 Å². The van der Waals surface area contributed by atoms with E-state index < -0.39 is 57.3 Å². The maximum atomic E-state index is 14.4. The van der Waals surface area contributed by atoms with Gasteiger partial charge < -0.3 is 9.88 Å². The number of amides is 1. The lowest BCUT2D eigenvalue weighted by Crippen LogP contribution is -2.58. The summed E-state index contributed by atoms with van der Waals surface area (Å²) in [5.74, 6) is -5.10. The van der Waals surface area contributed by atoms with Gasteiger partial charge in [-0.1, -0.05) is 20.8 Å². The maximum absolute atomic E-state index is 14.4. The van der Waals surface area contributed by atoms with E-state index in [1.807, 2.05) is 0 Å². The van der Waals surface area contributed by atoms with E-state index >= 15 is 0 Å². The summed E-state index contributed by atoms with van der Waals surface area (Å²) in [5.41, 5.74) is -4.88. The number of rotatable bonds is 2. The highest BCUT2D eigenvalue weighted by Gasteiger charge is 2.51. The van der Waals surface area contributed by atoms with Crippen molar-refractivity contribution < 1.29 is 31.1 Å². The van der Waals surface area contributed by atoms with Crippen molar-refractivity contribution in [3.8, 4) is 0 Å². The van der Waals surface area contributed by atoms with Gasteiger partial charge in [-0.15, -0.1) is 0 Å². The first-order chi connectivity index (χ1) is 16.6. The van der Waals surface area contributed by atoms with Gasteiger partial charge in [0.1, 0.15) is 5.54 Å². The molecule has 3 heterocycles. The molecule has 12 heteroatoms. The Bertz CT molecular complexity index is 1490. The minimum Gasteiger partial charge on any atom is -0.326 e. The van der Waals surface area contributed by atoms with Crippen LogP contribution in [0.1, 0.15) is 48.1 Å². The second-order valence-corrected chi connectivity index (χ2v) is 9.52. The third kappa shape index (κ3) is 3.75. The van der Waals surface area contributed by atoms with Crippen molar-refractivity contribution in [2.45, 2.75) is 39.0 Å². The van der Waals surface area contributed by atoms with Crippen LogP contribution in [0.25, 0.3) is 10.8 Å². The highest BCUT2D eigenvalue weighted by Crippen LogP contribution is 2.48. The number of H-pyrrole nitrogens is 1. The average molecular weight is 510 g/mol. The predicted molar refractivity (Wildman–Crippen MR) is 119 cm³/mol. The van der Waals surface area contributed by atoms with Crippen molar-refractivity contribution in [3.05, 3.63) is 74.7 Å². The van der Waals surface area contributed by atoms with Gasteiger partial charge in [-0.2, -0.15) is 13.2 Å². The first kappa shape index (κ1) is 25.4. The van der Waals surface area contributed by atoms with Crippen molar-refractivity contribution in [1.29, 1.82) is 0 Å². The van der Waals surface area contributed by atoms with Crippen LogP contribution in [0.2, 0.25) is 0 Å². The molecule has 4 rings (SSSR count). The largest absolute Gasteiger partial charge is 0.436 e. The molecule has 0 spiro atoms. The highest BCUT2D eigenvalue weighted by atomic mass is 19.4. The van der Waals surface area contributed by atoms with Gasteiger partial charge in [0.05, 0.1) is 17.5 Å². The number of nitrogens with zero attached hydrogens (tertiary/aromatic N) is 3. The van der Waals surface area contributed by atoms with Crippen LogP contribution in [-0.2, 0) is 18.3 Å². The van der Waals surface area contributed by atoms with Crippen LogP contribution in [0.5, 0.6) is 0 Å². The molecule has 3 aromatic rings. The van der Waals surface area contributed by atoms with Gasteiger partial charge in [0.15, 0.2) is 23.1 Å². The van der Waals surface area contributed by atoms with Crippen LogP contribution in [-0.4, -0.2) is 34.0 Å². The first-order valence-electron chi connectivity index (χ1n) is 10.7. The standard InChI is InChI=1S/C24H20F6N4O2/c1-22(2,3)23(34(4)21(36)11-5-16(27)19(32-8-11)24(28,29)30)10-31-9-17-18(23)12-6-14(25)15(26)7-13(12)20(35)33-17/h5-8,10H,9H2,1-4H3,(H,33,35)/t23-/m0/s1. The number of alkyl halides is 3. The molecule has 36 heavy (non-hydrogen) atoms. The Labute approximate surface area is 200 Å². The fourth-order valence-corrected chi connectivity index (χ4v) is 4.70. The van der Waals surface area contributed by atoms with Gasteiger partial charge in [-0.3, -0.25) is 14.6 Å². The van der Waals surface area contributed by atoms with Crippen LogP contribution >= 0.6 is 0 Å². The maximum Gasteiger partial charge on any atom is 0.436 e. The number of hydrogen-bond donors (Lipinski definition) is 1. The minimum absolute atomic E-state index is 0.0319. The van der Waals surface area contributed by atoms with E-state index in [1.54, 1.807) is 20.8 Å². The molecule has 2 aromatic heterocycles. The molecule has 0 unspecified atom stereocenters. The fraction of sp³-hybridized carbons (Fsp3) is 0.333. The van der Waals surface area contributed by atoms with E-state index in [-0.39, 0.29) is 28.6 Å². The summed E-state index contributed by atoms with van der Waals surface area (Å²) in [6.45, 7) is 5.14. The van der Waals surface area contributed by atoms with Crippen molar-refractivity contribution in [3.63, 3.8) is 0 Å². The van der Waals surface area contributed by atoms with Crippen molar-refractivity contribution in [2.75, 3.05) is 7.05 Å². The molecule has 0 saturated carbocycles. The summed E-state index contributed by atoms with van der Waals surface area (Å²) in [6, 6.07) is 2.04. The van der Waals surface area contributed by atoms with Crippen LogP contribution in [0.15, 0.2) is 34.2 Å². The van der Waals surface area contributed by atoms with E-state index in [0.717, 1.165) is 17.0 Å². The van der Waals surface area contributed by atoms with Gasteiger partial charge in [0.2, 0.25) is 0 Å². The molecule has 0 radical (unpaired) electrons. The molecule has 1 aliphatic rings. The number of aromatic amines is 1. The Balaban J connectivity index is 1.99. The topological polar surface area (TPSA) is 78.4 Å². The molecule has 1 amide bonds. The molecule has 6 nitrogen and oxygen atoms in total. The molecule has 1 aliphatic heterocycles. The SMILES string of the molecule is CN(C(=O)c1cnc(C(F)(F)F)c(F)c1)[C@@]1(C(C)(C)C)C=NCc2[nH]c(=O)c3cc(F)c(F)cc3c21. The first-order valence-corrected chi connectivity index (χ1v) is 10.7. The third-order valence-electron chi connectivity index (χ3n) is 6.38. The Hall–Kier alpha value is -3.70. The number of aliphatic imine (C=N–C) groups is 1. The van der Waals surface area contributed by atoms with Crippen LogP contribution < -0.4 is 5.56 Å². The summed E-state index contributed by atoms with van der Waals surface area (Å²) < 4.78 is 81.4. The van der Waals surface area contributed by atoms with Crippen molar-refractivity contribution in [1.82, 2.24) is 14.9 Å². The van der Waals surface area contributed by atoms with E-state index in [4.69, 9.17) is 0 Å². The Morgan fingerprint density at radius 2 is 1.64 bits per heavy atom. The van der Waals surface area contributed by atoms with Gasteiger partial charge >= 0.3 is 6.18 Å². The second kappa shape index (κ2) is 8.17. The molecular formula is C24H20F6N4O2. The normalized spacial score (nSPS) is 17.8. The summed E-state index contributed by atoms with van der Waals surface area (Å²) in [7, 11) is 1.32. The third-order valence-corrected chi connectivity index (χ3v) is 6.38. The molecule has 0 saturated heterocycles. The average Bonchev–Trinajstić information content (AvgIpc) is 2.77. The van der Waals surface area contributed by atoms with Crippen molar-refractivity contribution in [2.24, 2.45) is 10.4 Å². The Morgan fingerprint density at radius 3 is 2.19 bits per heavy atom. The summed E-state index contributed by atoms with van der Waals surface area (Å²) in [6.07, 6.45) is -3.02. The number of benzene rings is 1. The lowest BCUT2D eigenvalue weighted by atomic mass is 9.66. The molecule has 190 valence electrons. The number of aromatic nitrogens is 2. The van der Waals surface area contributed by atoms with E-state index in [1.165, 1.54) is 13.3 Å². The molecular weight excluding hydrogens is 490 g/mol. The number of halogens is 6. The summed E-state index contributed by atoms with van der Waals surface area (Å²) in [4.78, 5) is 37.3. The molecule has 1 N–H and O–H groups in total. The lowest BCUT2D eigenvalue weighted by molar-refractivity contribution is -0.143. The van der Waals surface area contributed by atoms with Crippen molar-refractivity contribution >= 4 is 22.9 Å². The summed E-state index contributed by atoms with van der Waals surface area (Å²) in [5, 5.41) is -0.134. The Morgan fingerprint density at radius 1 is 1.03 bits per heavy atom. The van der Waals surface area contributed by atoms with E-state index in [2.05, 4.69) is 15.0 Å². The van der Waals surface area contributed by atoms with Gasteiger partial charge in [-0.05, 0) is 29.0 Å². The smallest absolute Gasteiger partial charge is 0.326 e. The second-order valence-electron chi connectivity index (χ2n) is 9.52. The number of fused-ring (bicyclic) bond motifs is 3. The zero-order valence-corrected chi connectivity index (χ0v) is 19.5. The monoisotopic (exact) mass is 510 g/mol. The zero-order chi connectivity index (χ0) is 26.8. The quantitative estimate of drug-likeness (QED) is 0.496.